The quantitative estimate of drug-likeness (QED) is 0.842. The maximum absolute atomic E-state index is 13.0. The van der Waals surface area contributed by atoms with Crippen molar-refractivity contribution in [1.29, 1.82) is 0 Å². The van der Waals surface area contributed by atoms with Crippen molar-refractivity contribution in [2.75, 3.05) is 30.4 Å². The molecule has 0 spiro atoms. The summed E-state index contributed by atoms with van der Waals surface area (Å²) < 4.78 is 6.27. The van der Waals surface area contributed by atoms with Crippen LogP contribution in [0.4, 0.5) is 11.4 Å². The molecule has 4 rings (SSSR count). The highest BCUT2D eigenvalue weighted by atomic mass is 16.5. The fourth-order valence-electron chi connectivity index (χ4n) is 4.21. The van der Waals surface area contributed by atoms with Crippen molar-refractivity contribution in [3.63, 3.8) is 0 Å². The summed E-state index contributed by atoms with van der Waals surface area (Å²) in [6, 6.07) is 11.5. The molecule has 2 amide bonds. The molecule has 0 aliphatic carbocycles. The largest absolute Gasteiger partial charge is 0.490 e. The molecule has 0 bridgehead atoms. The van der Waals surface area contributed by atoms with Crippen molar-refractivity contribution in [3.8, 4) is 5.75 Å². The second kappa shape index (κ2) is 8.01. The Hall–Kier alpha value is -3.02. The number of anilines is 2. The topological polar surface area (TPSA) is 61.9 Å². The molecule has 30 heavy (non-hydrogen) atoms. The molecule has 1 atom stereocenters. The SMILES string of the molecule is Cc1cccc(C)c1OC1CCN(C(=O)c2ccc3c(c2)NC(=O)[C@H](C)N3C)CC1. The average Bonchev–Trinajstić information content (AvgIpc) is 2.74. The maximum atomic E-state index is 13.0. The lowest BCUT2D eigenvalue weighted by Gasteiger charge is -2.34. The van der Waals surface area contributed by atoms with Gasteiger partial charge in [-0.2, -0.15) is 0 Å². The molecule has 0 saturated carbocycles. The Kier molecular flexibility index (Phi) is 5.41. The average molecular weight is 408 g/mol. The van der Waals surface area contributed by atoms with Crippen molar-refractivity contribution in [2.24, 2.45) is 0 Å². The molecule has 1 N–H and O–H groups in total. The summed E-state index contributed by atoms with van der Waals surface area (Å²) in [5.74, 6) is 0.906. The van der Waals surface area contributed by atoms with Gasteiger partial charge >= 0.3 is 0 Å². The van der Waals surface area contributed by atoms with Crippen LogP contribution in [0.15, 0.2) is 36.4 Å². The maximum Gasteiger partial charge on any atom is 0.253 e. The highest BCUT2D eigenvalue weighted by molar-refractivity contribution is 6.05. The number of aryl methyl sites for hydroxylation is 2. The molecule has 158 valence electrons. The molecule has 2 heterocycles. The van der Waals surface area contributed by atoms with E-state index in [0.717, 1.165) is 35.4 Å². The minimum absolute atomic E-state index is 0.00107. The summed E-state index contributed by atoms with van der Waals surface area (Å²) >= 11 is 0. The van der Waals surface area contributed by atoms with Gasteiger partial charge in [0.05, 0.1) is 11.4 Å². The Bertz CT molecular complexity index is 959. The zero-order valence-electron chi connectivity index (χ0n) is 18.1. The number of rotatable bonds is 3. The van der Waals surface area contributed by atoms with E-state index in [1.807, 2.05) is 42.0 Å². The number of fused-ring (bicyclic) bond motifs is 1. The predicted octanol–water partition coefficient (Wildman–Crippen LogP) is 3.76. The molecule has 1 fully saturated rings. The predicted molar refractivity (Wildman–Crippen MR) is 118 cm³/mol. The van der Waals surface area contributed by atoms with Crippen LogP contribution in [0.25, 0.3) is 0 Å². The van der Waals surface area contributed by atoms with Crippen LogP contribution in [-0.4, -0.2) is 49.0 Å². The van der Waals surface area contributed by atoms with Gasteiger partial charge in [-0.25, -0.2) is 0 Å². The van der Waals surface area contributed by atoms with Gasteiger partial charge in [0.25, 0.3) is 5.91 Å². The number of para-hydroxylation sites is 1. The van der Waals surface area contributed by atoms with E-state index in [9.17, 15) is 9.59 Å². The molecule has 6 nitrogen and oxygen atoms in total. The molecule has 2 aliphatic rings. The van der Waals surface area contributed by atoms with Crippen LogP contribution in [0, 0.1) is 13.8 Å². The Morgan fingerprint density at radius 2 is 1.77 bits per heavy atom. The number of likely N-dealkylation sites (N-methyl/N-ethyl adjacent to an activating group) is 1. The van der Waals surface area contributed by atoms with Crippen molar-refractivity contribution in [3.05, 3.63) is 53.1 Å². The Balaban J connectivity index is 1.41. The normalized spacial score (nSPS) is 19.3. The number of ether oxygens (including phenoxy) is 1. The standard InChI is InChI=1S/C24H29N3O3/c1-15-6-5-7-16(2)22(15)30-19-10-12-27(13-11-19)24(29)18-8-9-21-20(14-18)25-23(28)17(3)26(21)4/h5-9,14,17,19H,10-13H2,1-4H3,(H,25,28)/t17-/m0/s1. The minimum atomic E-state index is -0.227. The third kappa shape index (κ3) is 3.74. The van der Waals surface area contributed by atoms with Crippen LogP contribution >= 0.6 is 0 Å². The molecule has 2 aromatic carbocycles. The number of piperidine rings is 1. The fraction of sp³-hybridized carbons (Fsp3) is 0.417. The summed E-state index contributed by atoms with van der Waals surface area (Å²) in [6.45, 7) is 7.31. The van der Waals surface area contributed by atoms with Crippen molar-refractivity contribution in [2.45, 2.75) is 45.8 Å². The zero-order valence-corrected chi connectivity index (χ0v) is 18.1. The van der Waals surface area contributed by atoms with Crippen molar-refractivity contribution >= 4 is 23.2 Å². The van der Waals surface area contributed by atoms with Gasteiger partial charge in [-0.15, -0.1) is 0 Å². The summed E-state index contributed by atoms with van der Waals surface area (Å²) in [5.41, 5.74) is 4.51. The Morgan fingerprint density at radius 1 is 1.10 bits per heavy atom. The summed E-state index contributed by atoms with van der Waals surface area (Å²) in [6.07, 6.45) is 1.73. The number of hydrogen-bond donors (Lipinski definition) is 1. The van der Waals surface area contributed by atoms with Crippen molar-refractivity contribution in [1.82, 2.24) is 4.90 Å². The number of nitrogens with zero attached hydrogens (tertiary/aromatic N) is 2. The first-order valence-corrected chi connectivity index (χ1v) is 10.5. The summed E-state index contributed by atoms with van der Waals surface area (Å²) in [7, 11) is 1.89. The first-order chi connectivity index (χ1) is 14.3. The van der Waals surface area contributed by atoms with E-state index in [2.05, 4.69) is 31.3 Å². The van der Waals surface area contributed by atoms with Crippen LogP contribution in [0.1, 0.15) is 41.3 Å². The minimum Gasteiger partial charge on any atom is -0.490 e. The van der Waals surface area contributed by atoms with Crippen molar-refractivity contribution < 1.29 is 14.3 Å². The molecule has 0 aromatic heterocycles. The molecular weight excluding hydrogens is 378 g/mol. The highest BCUT2D eigenvalue weighted by Gasteiger charge is 2.29. The zero-order chi connectivity index (χ0) is 21.4. The first-order valence-electron chi connectivity index (χ1n) is 10.5. The molecule has 2 aliphatic heterocycles. The summed E-state index contributed by atoms with van der Waals surface area (Å²) in [5, 5.41) is 2.91. The van der Waals surface area contributed by atoms with Crippen LogP contribution in [-0.2, 0) is 4.79 Å². The number of amides is 2. The van der Waals surface area contributed by atoms with Crippen LogP contribution in [0.2, 0.25) is 0 Å². The van der Waals surface area contributed by atoms with Gasteiger partial charge in [0.2, 0.25) is 5.91 Å². The first kappa shape index (κ1) is 20.3. The second-order valence-corrected chi connectivity index (χ2v) is 8.34. The Labute approximate surface area is 177 Å². The van der Waals surface area contributed by atoms with Crippen LogP contribution < -0.4 is 15.0 Å². The number of hydrogen-bond acceptors (Lipinski definition) is 4. The third-order valence-corrected chi connectivity index (χ3v) is 6.26. The number of nitrogens with one attached hydrogen (secondary N) is 1. The van der Waals surface area contributed by atoms with Crippen LogP contribution in [0.3, 0.4) is 0 Å². The van der Waals surface area contributed by atoms with Gasteiger partial charge in [-0.3, -0.25) is 9.59 Å². The number of benzene rings is 2. The number of carbonyl (C=O) groups is 2. The Morgan fingerprint density at radius 3 is 2.43 bits per heavy atom. The second-order valence-electron chi connectivity index (χ2n) is 8.34. The number of likely N-dealkylation sites (tertiary alicyclic amines) is 1. The molecular formula is C24H29N3O3. The van der Waals surface area contributed by atoms with E-state index < -0.39 is 0 Å². The molecule has 0 unspecified atom stereocenters. The third-order valence-electron chi connectivity index (χ3n) is 6.26. The lowest BCUT2D eigenvalue weighted by molar-refractivity contribution is -0.117. The van der Waals surface area contributed by atoms with E-state index in [-0.39, 0.29) is 24.0 Å². The molecule has 6 heteroatoms. The van der Waals surface area contributed by atoms with E-state index in [4.69, 9.17) is 4.74 Å². The van der Waals surface area contributed by atoms with E-state index in [1.165, 1.54) is 0 Å². The summed E-state index contributed by atoms with van der Waals surface area (Å²) in [4.78, 5) is 29.0. The van der Waals surface area contributed by atoms with Crippen LogP contribution in [0.5, 0.6) is 5.75 Å². The lowest BCUT2D eigenvalue weighted by Crippen LogP contribution is -2.44. The van der Waals surface area contributed by atoms with E-state index >= 15 is 0 Å². The molecule has 2 aromatic rings. The monoisotopic (exact) mass is 407 g/mol. The smallest absolute Gasteiger partial charge is 0.253 e. The van der Waals surface area contributed by atoms with Gasteiger partial charge in [-0.05, 0) is 50.1 Å². The number of carbonyl (C=O) groups excluding carboxylic acids is 2. The molecule has 0 radical (unpaired) electrons. The highest BCUT2D eigenvalue weighted by Crippen LogP contribution is 2.32. The van der Waals surface area contributed by atoms with Gasteiger partial charge in [0, 0.05) is 38.5 Å². The lowest BCUT2D eigenvalue weighted by atomic mass is 10.0. The van der Waals surface area contributed by atoms with Gasteiger partial charge in [0.15, 0.2) is 0 Å². The van der Waals surface area contributed by atoms with Gasteiger partial charge < -0.3 is 19.9 Å². The van der Waals surface area contributed by atoms with Gasteiger partial charge in [-0.1, -0.05) is 18.2 Å². The van der Waals surface area contributed by atoms with E-state index in [0.29, 0.717) is 24.3 Å². The molecule has 1 saturated heterocycles. The van der Waals surface area contributed by atoms with E-state index in [1.54, 1.807) is 6.07 Å². The van der Waals surface area contributed by atoms with Gasteiger partial charge in [0.1, 0.15) is 17.9 Å². The fourth-order valence-corrected chi connectivity index (χ4v) is 4.21.